The van der Waals surface area contributed by atoms with Crippen molar-refractivity contribution >= 4 is 11.6 Å². The lowest BCUT2D eigenvalue weighted by Crippen LogP contribution is -2.14. The molecule has 0 fully saturated rings. The lowest BCUT2D eigenvalue weighted by atomic mass is 10.2. The summed E-state index contributed by atoms with van der Waals surface area (Å²) < 4.78 is 32.0. The lowest BCUT2D eigenvalue weighted by Gasteiger charge is -2.08. The normalized spacial score (nSPS) is 10.0. The van der Waals surface area contributed by atoms with Crippen molar-refractivity contribution < 1.29 is 18.3 Å². The van der Waals surface area contributed by atoms with Crippen molar-refractivity contribution in [3.05, 3.63) is 83.6 Å². The predicted octanol–water partition coefficient (Wildman–Crippen LogP) is 4.28. The first kappa shape index (κ1) is 17.0. The number of halogens is 2. The highest BCUT2D eigenvalue weighted by Crippen LogP contribution is 2.24. The van der Waals surface area contributed by atoms with Gasteiger partial charge in [0.1, 0.15) is 23.5 Å². The molecular weight excluding hydrogens is 340 g/mol. The van der Waals surface area contributed by atoms with E-state index < -0.39 is 17.5 Å². The molecule has 0 atom stereocenters. The molecule has 3 rings (SSSR count). The number of carbonyl (C=O) groups is 1. The summed E-state index contributed by atoms with van der Waals surface area (Å²) in [6, 6.07) is 14.4. The third-order valence-corrected chi connectivity index (χ3v) is 3.39. The number of hydrogen-bond donors (Lipinski definition) is 1. The minimum Gasteiger partial charge on any atom is -0.438 e. The van der Waals surface area contributed by atoms with Crippen molar-refractivity contribution in [3.8, 4) is 17.7 Å². The highest BCUT2D eigenvalue weighted by molar-refractivity contribution is 6.04. The predicted molar refractivity (Wildman–Crippen MR) is 89.8 cm³/mol. The van der Waals surface area contributed by atoms with Gasteiger partial charge in [-0.15, -0.1) is 0 Å². The Balaban J connectivity index is 1.72. The summed E-state index contributed by atoms with van der Waals surface area (Å²) in [6.07, 6.45) is 1.32. The van der Waals surface area contributed by atoms with Gasteiger partial charge < -0.3 is 10.1 Å². The van der Waals surface area contributed by atoms with E-state index in [2.05, 4.69) is 10.3 Å². The average molecular weight is 351 g/mol. The van der Waals surface area contributed by atoms with E-state index in [0.29, 0.717) is 23.1 Å². The van der Waals surface area contributed by atoms with Gasteiger partial charge in [-0.3, -0.25) is 4.79 Å². The number of nitrogens with one attached hydrogen (secondary N) is 1. The number of aromatic nitrogens is 1. The number of pyridine rings is 1. The molecule has 0 aliphatic carbocycles. The third-order valence-electron chi connectivity index (χ3n) is 3.39. The fourth-order valence-corrected chi connectivity index (χ4v) is 2.15. The number of rotatable bonds is 4. The molecular formula is C19H11F2N3O2. The summed E-state index contributed by atoms with van der Waals surface area (Å²) >= 11 is 0. The zero-order valence-electron chi connectivity index (χ0n) is 13.2. The number of benzene rings is 2. The van der Waals surface area contributed by atoms with E-state index in [4.69, 9.17) is 10.00 Å². The van der Waals surface area contributed by atoms with Gasteiger partial charge in [0.2, 0.25) is 5.88 Å². The van der Waals surface area contributed by atoms with Gasteiger partial charge in [-0.05, 0) is 30.3 Å². The van der Waals surface area contributed by atoms with Crippen LogP contribution in [0.15, 0.2) is 60.8 Å². The number of amides is 1. The van der Waals surface area contributed by atoms with Crippen LogP contribution in [0.2, 0.25) is 0 Å². The molecule has 0 aliphatic rings. The molecule has 1 heterocycles. The van der Waals surface area contributed by atoms with Crippen LogP contribution < -0.4 is 10.1 Å². The summed E-state index contributed by atoms with van der Waals surface area (Å²) in [4.78, 5) is 16.1. The van der Waals surface area contributed by atoms with Crippen LogP contribution >= 0.6 is 0 Å². The van der Waals surface area contributed by atoms with Crippen LogP contribution in [0.5, 0.6) is 11.6 Å². The van der Waals surface area contributed by atoms with Crippen molar-refractivity contribution in [2.24, 2.45) is 0 Å². The van der Waals surface area contributed by atoms with Crippen molar-refractivity contribution in [1.29, 1.82) is 5.26 Å². The molecule has 1 amide bonds. The van der Waals surface area contributed by atoms with Crippen LogP contribution in [0.4, 0.5) is 14.5 Å². The molecule has 2 aromatic carbocycles. The van der Waals surface area contributed by atoms with E-state index in [1.54, 1.807) is 24.3 Å². The van der Waals surface area contributed by atoms with Crippen molar-refractivity contribution in [1.82, 2.24) is 4.98 Å². The van der Waals surface area contributed by atoms with Gasteiger partial charge in [0.15, 0.2) is 0 Å². The first-order chi connectivity index (χ1) is 12.6. The van der Waals surface area contributed by atoms with Crippen molar-refractivity contribution in [3.63, 3.8) is 0 Å². The maximum atomic E-state index is 13.6. The number of ether oxygens (including phenoxy) is 1. The summed E-state index contributed by atoms with van der Waals surface area (Å²) in [5.41, 5.74) is 0.382. The Hall–Kier alpha value is -3.79. The second kappa shape index (κ2) is 7.40. The van der Waals surface area contributed by atoms with Crippen LogP contribution in [0.1, 0.15) is 15.9 Å². The molecule has 0 saturated carbocycles. The molecule has 26 heavy (non-hydrogen) atoms. The Morgan fingerprint density at radius 2 is 1.92 bits per heavy atom. The maximum Gasteiger partial charge on any atom is 0.258 e. The average Bonchev–Trinajstić information content (AvgIpc) is 2.63. The second-order valence-corrected chi connectivity index (χ2v) is 5.17. The summed E-state index contributed by atoms with van der Waals surface area (Å²) in [6.45, 7) is 0. The lowest BCUT2D eigenvalue weighted by molar-refractivity contribution is 0.102. The molecule has 0 saturated heterocycles. The van der Waals surface area contributed by atoms with Crippen LogP contribution in [0.3, 0.4) is 0 Å². The second-order valence-electron chi connectivity index (χ2n) is 5.17. The molecule has 3 aromatic rings. The SMILES string of the molecule is N#Cc1ccccc1Oc1ccc(NC(=O)c2ccc(F)cc2F)cn1. The summed E-state index contributed by atoms with van der Waals surface area (Å²) in [5.74, 6) is -1.87. The molecule has 0 unspecified atom stereocenters. The van der Waals surface area contributed by atoms with E-state index in [1.165, 1.54) is 18.3 Å². The standard InChI is InChI=1S/C19H11F2N3O2/c20-13-5-7-15(16(21)9-13)19(25)24-14-6-8-18(23-11-14)26-17-4-2-1-3-12(17)10-22/h1-9,11H,(H,24,25). The van der Waals surface area contributed by atoms with Crippen LogP contribution in [0, 0.1) is 23.0 Å². The number of nitrogens with zero attached hydrogens (tertiary/aromatic N) is 2. The van der Waals surface area contributed by atoms with Crippen molar-refractivity contribution in [2.75, 3.05) is 5.32 Å². The number of carbonyl (C=O) groups excluding carboxylic acids is 1. The molecule has 7 heteroatoms. The monoisotopic (exact) mass is 351 g/mol. The number of anilines is 1. The minimum absolute atomic E-state index is 0.221. The van der Waals surface area contributed by atoms with E-state index >= 15 is 0 Å². The molecule has 0 aliphatic heterocycles. The highest BCUT2D eigenvalue weighted by atomic mass is 19.1. The topological polar surface area (TPSA) is 75.0 Å². The molecule has 0 spiro atoms. The van der Waals surface area contributed by atoms with E-state index in [9.17, 15) is 13.6 Å². The smallest absolute Gasteiger partial charge is 0.258 e. The number of para-hydroxylation sites is 1. The summed E-state index contributed by atoms with van der Waals surface area (Å²) in [5, 5.41) is 11.5. The Bertz CT molecular complexity index is 998. The fourth-order valence-electron chi connectivity index (χ4n) is 2.15. The highest BCUT2D eigenvalue weighted by Gasteiger charge is 2.13. The maximum absolute atomic E-state index is 13.6. The molecule has 1 N–H and O–H groups in total. The van der Waals surface area contributed by atoms with Crippen molar-refractivity contribution in [2.45, 2.75) is 0 Å². The van der Waals surface area contributed by atoms with Crippen LogP contribution in [-0.4, -0.2) is 10.9 Å². The zero-order chi connectivity index (χ0) is 18.5. The Labute approximate surface area is 147 Å². The van der Waals surface area contributed by atoms with Gasteiger partial charge in [0, 0.05) is 12.1 Å². The van der Waals surface area contributed by atoms with Gasteiger partial charge in [0.25, 0.3) is 5.91 Å². The molecule has 1 aromatic heterocycles. The van der Waals surface area contributed by atoms with Gasteiger partial charge in [-0.25, -0.2) is 13.8 Å². The fraction of sp³-hybridized carbons (Fsp3) is 0. The van der Waals surface area contributed by atoms with Crippen LogP contribution in [-0.2, 0) is 0 Å². The van der Waals surface area contributed by atoms with Gasteiger partial charge in [0.05, 0.1) is 23.0 Å². The number of nitriles is 1. The molecule has 0 bridgehead atoms. The first-order valence-electron chi connectivity index (χ1n) is 7.46. The van der Waals surface area contributed by atoms with Crippen LogP contribution in [0.25, 0.3) is 0 Å². The molecule has 5 nitrogen and oxygen atoms in total. The summed E-state index contributed by atoms with van der Waals surface area (Å²) in [7, 11) is 0. The van der Waals surface area contributed by atoms with Gasteiger partial charge >= 0.3 is 0 Å². The molecule has 0 radical (unpaired) electrons. The minimum atomic E-state index is -0.955. The third kappa shape index (κ3) is 3.82. The zero-order valence-corrected chi connectivity index (χ0v) is 13.2. The van der Waals surface area contributed by atoms with E-state index in [-0.39, 0.29) is 11.4 Å². The van der Waals surface area contributed by atoms with Gasteiger partial charge in [-0.2, -0.15) is 5.26 Å². The Morgan fingerprint density at radius 1 is 1.12 bits per heavy atom. The van der Waals surface area contributed by atoms with E-state index in [1.807, 2.05) is 6.07 Å². The Kier molecular flexibility index (Phi) is 4.85. The quantitative estimate of drug-likeness (QED) is 0.761. The molecule has 128 valence electrons. The first-order valence-corrected chi connectivity index (χ1v) is 7.46. The van der Waals surface area contributed by atoms with Gasteiger partial charge in [-0.1, -0.05) is 12.1 Å². The Morgan fingerprint density at radius 3 is 2.62 bits per heavy atom. The van der Waals surface area contributed by atoms with E-state index in [0.717, 1.165) is 12.1 Å². The number of hydrogen-bond acceptors (Lipinski definition) is 4. The largest absolute Gasteiger partial charge is 0.438 e.